The molecule has 0 radical (unpaired) electrons. The van der Waals surface area contributed by atoms with Gasteiger partial charge in [-0.05, 0) is 42.9 Å². The smallest absolute Gasteiger partial charge is 0.119 e. The Bertz CT molecular complexity index is 364. The number of benzene rings is 1. The predicted octanol–water partition coefficient (Wildman–Crippen LogP) is 3.85. The normalized spacial score (nSPS) is 13.9. The molecule has 0 fully saturated rings. The number of hydrogen-bond donors (Lipinski definition) is 2. The number of nitrogens with two attached hydrogens (primary N) is 1. The molecule has 1 aromatic carbocycles. The molecule has 3 nitrogen and oxygen atoms in total. The fourth-order valence-electron chi connectivity index (χ4n) is 2.52. The Balaban J connectivity index is 2.44. The molecule has 21 heavy (non-hydrogen) atoms. The minimum atomic E-state index is -0.413. The minimum absolute atomic E-state index is 0.329. The zero-order valence-corrected chi connectivity index (χ0v) is 13.6. The summed E-state index contributed by atoms with van der Waals surface area (Å²) in [5.41, 5.74) is 6.75. The molecule has 0 spiro atoms. The van der Waals surface area contributed by atoms with Crippen LogP contribution in [0.3, 0.4) is 0 Å². The molecule has 0 bridgehead atoms. The van der Waals surface area contributed by atoms with Gasteiger partial charge in [-0.25, -0.2) is 0 Å². The summed E-state index contributed by atoms with van der Waals surface area (Å²) in [4.78, 5) is 0. The fraction of sp³-hybridized carbons (Fsp3) is 0.667. The van der Waals surface area contributed by atoms with Gasteiger partial charge >= 0.3 is 0 Å². The summed E-state index contributed by atoms with van der Waals surface area (Å²) in [7, 11) is 0. The number of rotatable bonds is 11. The molecule has 3 heteroatoms. The van der Waals surface area contributed by atoms with Gasteiger partial charge in [0.1, 0.15) is 5.75 Å². The van der Waals surface area contributed by atoms with Crippen LogP contribution in [0.1, 0.15) is 63.9 Å². The van der Waals surface area contributed by atoms with Gasteiger partial charge in [0, 0.05) is 6.54 Å². The Morgan fingerprint density at radius 3 is 2.38 bits per heavy atom. The van der Waals surface area contributed by atoms with Gasteiger partial charge in [0.15, 0.2) is 0 Å². The van der Waals surface area contributed by atoms with Crippen LogP contribution in [0.2, 0.25) is 0 Å². The second kappa shape index (κ2) is 10.6. The van der Waals surface area contributed by atoms with Gasteiger partial charge in [-0.2, -0.15) is 0 Å². The lowest BCUT2D eigenvalue weighted by Crippen LogP contribution is -2.22. The third-order valence-corrected chi connectivity index (χ3v) is 3.94. The first-order valence-electron chi connectivity index (χ1n) is 8.32. The van der Waals surface area contributed by atoms with Crippen LogP contribution >= 0.6 is 0 Å². The summed E-state index contributed by atoms with van der Waals surface area (Å²) < 4.78 is 5.75. The molecule has 0 saturated heterocycles. The zero-order valence-electron chi connectivity index (χ0n) is 13.6. The average Bonchev–Trinajstić information content (AvgIpc) is 2.53. The Morgan fingerprint density at radius 2 is 1.81 bits per heavy atom. The van der Waals surface area contributed by atoms with Crippen molar-refractivity contribution < 1.29 is 9.84 Å². The van der Waals surface area contributed by atoms with Crippen molar-refractivity contribution >= 4 is 0 Å². The van der Waals surface area contributed by atoms with Gasteiger partial charge in [-0.3, -0.25) is 0 Å². The second-order valence-electron chi connectivity index (χ2n) is 5.71. The number of aliphatic hydroxyl groups excluding tert-OH is 1. The van der Waals surface area contributed by atoms with Crippen LogP contribution in [0.25, 0.3) is 0 Å². The lowest BCUT2D eigenvalue weighted by Gasteiger charge is -2.18. The highest BCUT2D eigenvalue weighted by atomic mass is 16.5. The summed E-state index contributed by atoms with van der Waals surface area (Å²) in [6.45, 7) is 5.48. The maximum absolute atomic E-state index is 9.71. The van der Waals surface area contributed by atoms with E-state index in [0.29, 0.717) is 12.5 Å². The van der Waals surface area contributed by atoms with Crippen LogP contribution < -0.4 is 10.5 Å². The SMILES string of the molecule is CCCCCCOc1ccc(C(CC)CC(O)CN)cc1. The van der Waals surface area contributed by atoms with Crippen LogP contribution in [0.5, 0.6) is 5.75 Å². The standard InChI is InChI=1S/C18H31NO2/c1-3-5-6-7-12-21-18-10-8-16(9-11-18)15(4-2)13-17(20)14-19/h8-11,15,17,20H,3-7,12-14,19H2,1-2H3. The third kappa shape index (κ3) is 6.96. The highest BCUT2D eigenvalue weighted by Gasteiger charge is 2.14. The first-order valence-corrected chi connectivity index (χ1v) is 8.32. The van der Waals surface area contributed by atoms with Gasteiger partial charge in [0.2, 0.25) is 0 Å². The minimum Gasteiger partial charge on any atom is -0.494 e. The maximum atomic E-state index is 9.71. The van der Waals surface area contributed by atoms with Crippen LogP contribution in [-0.2, 0) is 0 Å². The Labute approximate surface area is 129 Å². The molecule has 3 N–H and O–H groups in total. The van der Waals surface area contributed by atoms with Crippen molar-refractivity contribution in [3.8, 4) is 5.75 Å². The molecule has 120 valence electrons. The number of hydrogen-bond acceptors (Lipinski definition) is 3. The van der Waals surface area contributed by atoms with Crippen molar-refractivity contribution in [1.82, 2.24) is 0 Å². The third-order valence-electron chi connectivity index (χ3n) is 3.94. The Hall–Kier alpha value is -1.06. The first-order chi connectivity index (χ1) is 10.2. The maximum Gasteiger partial charge on any atom is 0.119 e. The summed E-state index contributed by atoms with van der Waals surface area (Å²) in [5, 5.41) is 9.71. The van der Waals surface area contributed by atoms with Crippen LogP contribution in [0.4, 0.5) is 0 Å². The molecular formula is C18H31NO2. The number of unbranched alkanes of at least 4 members (excludes halogenated alkanes) is 3. The highest BCUT2D eigenvalue weighted by Crippen LogP contribution is 2.26. The molecule has 2 atom stereocenters. The highest BCUT2D eigenvalue weighted by molar-refractivity contribution is 5.29. The summed E-state index contributed by atoms with van der Waals surface area (Å²) >= 11 is 0. The van der Waals surface area contributed by atoms with Crippen molar-refractivity contribution in [2.45, 2.75) is 64.4 Å². The van der Waals surface area contributed by atoms with Gasteiger partial charge < -0.3 is 15.6 Å². The van der Waals surface area contributed by atoms with Crippen LogP contribution in [0, 0.1) is 0 Å². The summed E-state index contributed by atoms with van der Waals surface area (Å²) in [5.74, 6) is 1.30. The van der Waals surface area contributed by atoms with E-state index < -0.39 is 6.10 Å². The van der Waals surface area contributed by atoms with Gasteiger partial charge in [-0.1, -0.05) is 45.2 Å². The number of ether oxygens (including phenoxy) is 1. The van der Waals surface area contributed by atoms with E-state index in [9.17, 15) is 5.11 Å². The lowest BCUT2D eigenvalue weighted by atomic mass is 9.91. The van der Waals surface area contributed by atoms with Gasteiger partial charge in [0.25, 0.3) is 0 Å². The molecule has 0 saturated carbocycles. The first kappa shape index (κ1) is 18.0. The molecule has 0 aliphatic carbocycles. The molecular weight excluding hydrogens is 262 g/mol. The average molecular weight is 293 g/mol. The fourth-order valence-corrected chi connectivity index (χ4v) is 2.52. The molecule has 0 aromatic heterocycles. The molecule has 1 aromatic rings. The molecule has 1 rings (SSSR count). The van der Waals surface area contributed by atoms with E-state index in [1.54, 1.807) is 0 Å². The molecule has 0 heterocycles. The quantitative estimate of drug-likeness (QED) is 0.609. The van der Waals surface area contributed by atoms with E-state index in [2.05, 4.69) is 26.0 Å². The van der Waals surface area contributed by atoms with E-state index in [4.69, 9.17) is 10.5 Å². The molecule has 0 amide bonds. The molecule has 0 aliphatic heterocycles. The largest absolute Gasteiger partial charge is 0.494 e. The predicted molar refractivity (Wildman–Crippen MR) is 88.8 cm³/mol. The van der Waals surface area contributed by atoms with E-state index in [-0.39, 0.29) is 0 Å². The topological polar surface area (TPSA) is 55.5 Å². The van der Waals surface area contributed by atoms with Gasteiger partial charge in [0.05, 0.1) is 12.7 Å². The van der Waals surface area contributed by atoms with Crippen molar-refractivity contribution in [3.63, 3.8) is 0 Å². The molecule has 0 aliphatic rings. The van der Waals surface area contributed by atoms with Crippen molar-refractivity contribution in [2.75, 3.05) is 13.2 Å². The van der Waals surface area contributed by atoms with Gasteiger partial charge in [-0.15, -0.1) is 0 Å². The monoisotopic (exact) mass is 293 g/mol. The van der Waals surface area contributed by atoms with E-state index in [1.807, 2.05) is 12.1 Å². The Morgan fingerprint density at radius 1 is 1.10 bits per heavy atom. The summed E-state index contributed by atoms with van der Waals surface area (Å²) in [6, 6.07) is 8.29. The Kier molecular flexibility index (Phi) is 9.11. The van der Waals surface area contributed by atoms with E-state index in [1.165, 1.54) is 24.8 Å². The van der Waals surface area contributed by atoms with Crippen molar-refractivity contribution in [1.29, 1.82) is 0 Å². The van der Waals surface area contributed by atoms with E-state index >= 15 is 0 Å². The van der Waals surface area contributed by atoms with Crippen molar-refractivity contribution in [3.05, 3.63) is 29.8 Å². The zero-order chi connectivity index (χ0) is 15.5. The van der Waals surface area contributed by atoms with Crippen molar-refractivity contribution in [2.24, 2.45) is 5.73 Å². The van der Waals surface area contributed by atoms with Crippen LogP contribution in [-0.4, -0.2) is 24.4 Å². The molecule has 2 unspecified atom stereocenters. The summed E-state index contributed by atoms with van der Waals surface area (Å²) in [6.07, 6.45) is 6.22. The number of aliphatic hydroxyl groups is 1. The lowest BCUT2D eigenvalue weighted by molar-refractivity contribution is 0.162. The van der Waals surface area contributed by atoms with Crippen LogP contribution in [0.15, 0.2) is 24.3 Å². The second-order valence-corrected chi connectivity index (χ2v) is 5.71. The van der Waals surface area contributed by atoms with E-state index in [0.717, 1.165) is 31.6 Å².